The first kappa shape index (κ1) is 14.2. The van der Waals surface area contributed by atoms with E-state index in [1.54, 1.807) is 0 Å². The molecular weight excluding hydrogens is 246 g/mol. The molecule has 0 spiro atoms. The summed E-state index contributed by atoms with van der Waals surface area (Å²) in [4.78, 5) is 20.8. The molecule has 4 nitrogen and oxygen atoms in total. The van der Waals surface area contributed by atoms with Crippen molar-refractivity contribution in [2.45, 2.75) is 25.4 Å². The van der Waals surface area contributed by atoms with Crippen LogP contribution in [0.25, 0.3) is 0 Å². The summed E-state index contributed by atoms with van der Waals surface area (Å²) in [7, 11) is 0. The second-order valence-electron chi connectivity index (χ2n) is 3.71. The topological polar surface area (TPSA) is 74.6 Å². The van der Waals surface area contributed by atoms with Crippen LogP contribution in [0.5, 0.6) is 0 Å². The van der Waals surface area contributed by atoms with Crippen LogP contribution in [0.3, 0.4) is 0 Å². The largest absolute Gasteiger partial charge is 0.479 e. The molecule has 0 fully saturated rings. The molecule has 1 unspecified atom stereocenters. The number of rotatable bonds is 6. The molecule has 0 amide bonds. The van der Waals surface area contributed by atoms with Crippen LogP contribution in [0.2, 0.25) is 0 Å². The minimum atomic E-state index is -2.88. The normalized spacial score (nSPS) is 12.4. The first-order valence-corrected chi connectivity index (χ1v) is 5.22. The number of hydrogen-bond donors (Lipinski definition) is 2. The van der Waals surface area contributed by atoms with Crippen molar-refractivity contribution in [2.24, 2.45) is 0 Å². The Hall–Kier alpha value is -1.82. The van der Waals surface area contributed by atoms with Crippen LogP contribution in [-0.4, -0.2) is 22.5 Å². The Kier molecular flexibility index (Phi) is 4.91. The maximum absolute atomic E-state index is 12.8. The molecule has 0 heterocycles. The molecule has 0 aromatic heterocycles. The van der Waals surface area contributed by atoms with Gasteiger partial charge in [0.2, 0.25) is 0 Å². The Bertz CT molecular complexity index is 446. The third kappa shape index (κ3) is 3.33. The van der Waals surface area contributed by atoms with Gasteiger partial charge in [-0.05, 0) is 18.1 Å². The lowest BCUT2D eigenvalue weighted by Crippen LogP contribution is -2.13. The zero-order chi connectivity index (χ0) is 13.7. The molecule has 0 bridgehead atoms. The van der Waals surface area contributed by atoms with Gasteiger partial charge < -0.3 is 15.0 Å². The average Bonchev–Trinajstić information content (AvgIpc) is 2.34. The Morgan fingerprint density at radius 3 is 2.50 bits per heavy atom. The number of aliphatic carboxylic acids is 1. The highest BCUT2D eigenvalue weighted by Gasteiger charge is 2.23. The molecule has 1 atom stereocenters. The van der Waals surface area contributed by atoms with E-state index in [9.17, 15) is 23.5 Å². The number of carbonyl (C=O) groups excluding carboxylic acids is 1. The summed E-state index contributed by atoms with van der Waals surface area (Å²) in [6, 6.07) is 3.70. The summed E-state index contributed by atoms with van der Waals surface area (Å²) in [6.07, 6.45) is -3.70. The predicted molar refractivity (Wildman–Crippen MR) is 58.4 cm³/mol. The van der Waals surface area contributed by atoms with Crippen molar-refractivity contribution in [2.75, 3.05) is 0 Å². The van der Waals surface area contributed by atoms with Crippen molar-refractivity contribution in [3.63, 3.8) is 0 Å². The van der Waals surface area contributed by atoms with Gasteiger partial charge >= 0.3 is 5.97 Å². The van der Waals surface area contributed by atoms with E-state index in [-0.39, 0.29) is 12.0 Å². The molecule has 0 saturated heterocycles. The molecule has 1 rings (SSSR count). The van der Waals surface area contributed by atoms with Crippen LogP contribution >= 0.6 is 0 Å². The number of alkyl halides is 2. The van der Waals surface area contributed by atoms with Gasteiger partial charge in [-0.1, -0.05) is 12.1 Å². The van der Waals surface area contributed by atoms with Crippen molar-refractivity contribution in [1.29, 1.82) is 0 Å². The lowest BCUT2D eigenvalue weighted by Gasteiger charge is -2.13. The number of aryl methyl sites for hydroxylation is 1. The van der Waals surface area contributed by atoms with Crippen molar-refractivity contribution < 1.29 is 28.6 Å². The lowest BCUT2D eigenvalue weighted by molar-refractivity contribution is -0.147. The predicted octanol–water partition coefficient (Wildman–Crippen LogP) is 1.87. The fourth-order valence-electron chi connectivity index (χ4n) is 1.58. The highest BCUT2D eigenvalue weighted by atomic mass is 19.3. The van der Waals surface area contributed by atoms with E-state index in [0.717, 1.165) is 12.1 Å². The highest BCUT2D eigenvalue weighted by Crippen LogP contribution is 2.29. The maximum Gasteiger partial charge on any atom is 0.337 e. The summed E-state index contributed by atoms with van der Waals surface area (Å²) in [5, 5.41) is 17.9. The Morgan fingerprint density at radius 2 is 2.00 bits per heavy atom. The minimum Gasteiger partial charge on any atom is -0.479 e. The SMILES string of the molecule is O=CCCc1ccc(C(O)C(=O)O)c(C(F)F)c1. The number of benzene rings is 1. The summed E-state index contributed by atoms with van der Waals surface area (Å²) < 4.78 is 25.6. The summed E-state index contributed by atoms with van der Waals surface area (Å²) in [5.74, 6) is -1.59. The molecule has 18 heavy (non-hydrogen) atoms. The smallest absolute Gasteiger partial charge is 0.337 e. The van der Waals surface area contributed by atoms with Crippen LogP contribution in [0, 0.1) is 0 Å². The minimum absolute atomic E-state index is 0.198. The number of aldehydes is 1. The molecule has 1 aromatic rings. The zero-order valence-corrected chi connectivity index (χ0v) is 9.35. The molecule has 1 aromatic carbocycles. The summed E-state index contributed by atoms with van der Waals surface area (Å²) in [5.41, 5.74) is -0.348. The number of aliphatic hydroxyl groups is 1. The van der Waals surface area contributed by atoms with Gasteiger partial charge in [-0.2, -0.15) is 0 Å². The van der Waals surface area contributed by atoms with Crippen LogP contribution in [-0.2, 0) is 16.0 Å². The van der Waals surface area contributed by atoms with E-state index < -0.39 is 24.1 Å². The van der Waals surface area contributed by atoms with E-state index in [1.165, 1.54) is 6.07 Å². The fraction of sp³-hybridized carbons (Fsp3) is 0.333. The molecule has 0 aliphatic rings. The molecular formula is C12H12F2O4. The quantitative estimate of drug-likeness (QED) is 0.764. The fourth-order valence-corrected chi connectivity index (χ4v) is 1.58. The van der Waals surface area contributed by atoms with Gasteiger partial charge in [0.1, 0.15) is 6.29 Å². The highest BCUT2D eigenvalue weighted by molar-refractivity contribution is 5.74. The number of halogens is 2. The molecule has 0 radical (unpaired) electrons. The molecule has 0 aliphatic heterocycles. The van der Waals surface area contributed by atoms with Gasteiger partial charge in [0.25, 0.3) is 6.43 Å². The Balaban J connectivity index is 3.11. The zero-order valence-electron chi connectivity index (χ0n) is 9.35. The van der Waals surface area contributed by atoms with E-state index >= 15 is 0 Å². The van der Waals surface area contributed by atoms with E-state index in [2.05, 4.69) is 0 Å². The lowest BCUT2D eigenvalue weighted by atomic mass is 9.98. The van der Waals surface area contributed by atoms with E-state index in [0.29, 0.717) is 18.3 Å². The first-order valence-electron chi connectivity index (χ1n) is 5.22. The van der Waals surface area contributed by atoms with Crippen molar-refractivity contribution in [3.05, 3.63) is 34.9 Å². The number of hydrogen-bond acceptors (Lipinski definition) is 3. The average molecular weight is 258 g/mol. The number of carboxylic acids is 1. The standard InChI is InChI=1S/C12H12F2O4/c13-11(14)9-6-7(2-1-5-15)3-4-8(9)10(16)12(17)18/h3-6,10-11,16H,1-2H2,(H,17,18). The van der Waals surface area contributed by atoms with Crippen LogP contribution in [0.1, 0.15) is 35.6 Å². The van der Waals surface area contributed by atoms with Gasteiger partial charge in [0.15, 0.2) is 6.10 Å². The van der Waals surface area contributed by atoms with E-state index in [1.807, 2.05) is 0 Å². The Labute approximate surface area is 102 Å². The molecule has 2 N–H and O–H groups in total. The van der Waals surface area contributed by atoms with Crippen LogP contribution in [0.4, 0.5) is 8.78 Å². The number of aliphatic hydroxyl groups excluding tert-OH is 1. The number of carbonyl (C=O) groups is 2. The first-order chi connectivity index (χ1) is 8.47. The summed E-state index contributed by atoms with van der Waals surface area (Å²) in [6.45, 7) is 0. The van der Waals surface area contributed by atoms with Crippen molar-refractivity contribution >= 4 is 12.3 Å². The van der Waals surface area contributed by atoms with Crippen molar-refractivity contribution in [1.82, 2.24) is 0 Å². The third-order valence-corrected chi connectivity index (χ3v) is 2.47. The van der Waals surface area contributed by atoms with Crippen molar-refractivity contribution in [3.8, 4) is 0 Å². The molecule has 98 valence electrons. The van der Waals surface area contributed by atoms with Gasteiger partial charge in [-0.15, -0.1) is 0 Å². The van der Waals surface area contributed by atoms with Crippen LogP contribution < -0.4 is 0 Å². The second-order valence-corrected chi connectivity index (χ2v) is 3.71. The van der Waals surface area contributed by atoms with Gasteiger partial charge in [0.05, 0.1) is 0 Å². The second kappa shape index (κ2) is 6.20. The van der Waals surface area contributed by atoms with Gasteiger partial charge in [-0.25, -0.2) is 13.6 Å². The van der Waals surface area contributed by atoms with Gasteiger partial charge in [0, 0.05) is 17.5 Å². The Morgan fingerprint density at radius 1 is 1.33 bits per heavy atom. The molecule has 0 aliphatic carbocycles. The monoisotopic (exact) mass is 258 g/mol. The molecule has 6 heteroatoms. The summed E-state index contributed by atoms with van der Waals surface area (Å²) >= 11 is 0. The van der Waals surface area contributed by atoms with E-state index in [4.69, 9.17) is 5.11 Å². The molecule has 0 saturated carbocycles. The van der Waals surface area contributed by atoms with Gasteiger partial charge in [-0.3, -0.25) is 0 Å². The number of carboxylic acid groups (broad SMARTS) is 1. The third-order valence-electron chi connectivity index (χ3n) is 2.47. The van der Waals surface area contributed by atoms with Crippen LogP contribution in [0.15, 0.2) is 18.2 Å². The maximum atomic E-state index is 12.8.